The first-order chi connectivity index (χ1) is 26.3. The van der Waals surface area contributed by atoms with E-state index in [4.69, 9.17) is 8.83 Å². The van der Waals surface area contributed by atoms with Crippen LogP contribution in [0.4, 0.5) is 17.1 Å². The summed E-state index contributed by atoms with van der Waals surface area (Å²) in [6.07, 6.45) is 0. The van der Waals surface area contributed by atoms with Gasteiger partial charge in [-0.3, -0.25) is 0 Å². The Bertz CT molecular complexity index is 3160. The van der Waals surface area contributed by atoms with Crippen LogP contribution in [0.15, 0.2) is 197 Å². The fourth-order valence-corrected chi connectivity index (χ4v) is 8.11. The minimum Gasteiger partial charge on any atom is -0.456 e. The van der Waals surface area contributed by atoms with Crippen LogP contribution in [0.5, 0.6) is 0 Å². The summed E-state index contributed by atoms with van der Waals surface area (Å²) in [4.78, 5) is 2.30. The highest BCUT2D eigenvalue weighted by atomic mass is 16.3. The maximum absolute atomic E-state index is 6.69. The Morgan fingerprint density at radius 1 is 0.302 bits per heavy atom. The molecule has 0 aliphatic heterocycles. The van der Waals surface area contributed by atoms with Gasteiger partial charge in [-0.05, 0) is 81.4 Å². The largest absolute Gasteiger partial charge is 0.456 e. The van der Waals surface area contributed by atoms with Gasteiger partial charge in [0.2, 0.25) is 0 Å². The normalized spacial score (nSPS) is 11.8. The molecule has 9 aromatic carbocycles. The Morgan fingerprint density at radius 3 is 1.62 bits per heavy atom. The number of hydrogen-bond acceptors (Lipinski definition) is 3. The quantitative estimate of drug-likeness (QED) is 0.182. The lowest BCUT2D eigenvalue weighted by Crippen LogP contribution is -2.09. The minimum atomic E-state index is 0.863. The van der Waals surface area contributed by atoms with Gasteiger partial charge in [0, 0.05) is 55.6 Å². The third-order valence-electron chi connectivity index (χ3n) is 10.7. The van der Waals surface area contributed by atoms with E-state index in [0.29, 0.717) is 0 Å². The predicted molar refractivity (Wildman–Crippen MR) is 222 cm³/mol. The Kier molecular flexibility index (Phi) is 6.55. The monoisotopic (exact) mass is 677 g/mol. The van der Waals surface area contributed by atoms with E-state index >= 15 is 0 Å². The van der Waals surface area contributed by atoms with E-state index < -0.39 is 0 Å². The molecule has 3 heteroatoms. The molecule has 2 aromatic heterocycles. The Hall–Kier alpha value is -7.10. The van der Waals surface area contributed by atoms with Gasteiger partial charge in [0.25, 0.3) is 0 Å². The van der Waals surface area contributed by atoms with E-state index in [1.54, 1.807) is 0 Å². The van der Waals surface area contributed by atoms with Gasteiger partial charge < -0.3 is 13.7 Å². The molecule has 0 saturated heterocycles. The maximum Gasteiger partial charge on any atom is 0.143 e. The molecule has 0 saturated carbocycles. The molecule has 0 atom stereocenters. The second-order valence-corrected chi connectivity index (χ2v) is 13.7. The lowest BCUT2D eigenvalue weighted by Gasteiger charge is -2.26. The molecular weight excluding hydrogens is 647 g/mol. The summed E-state index contributed by atoms with van der Waals surface area (Å²) in [6, 6.07) is 66.7. The average Bonchev–Trinajstić information content (AvgIpc) is 3.80. The molecule has 0 amide bonds. The summed E-state index contributed by atoms with van der Waals surface area (Å²) in [5.41, 5.74) is 11.3. The molecule has 0 aliphatic carbocycles. The molecule has 53 heavy (non-hydrogen) atoms. The second-order valence-electron chi connectivity index (χ2n) is 13.7. The number of nitrogens with zero attached hydrogens (tertiary/aromatic N) is 1. The first-order valence-electron chi connectivity index (χ1n) is 18.0. The van der Waals surface area contributed by atoms with Crippen molar-refractivity contribution in [2.24, 2.45) is 0 Å². The van der Waals surface area contributed by atoms with Gasteiger partial charge in [0.05, 0.1) is 0 Å². The first kappa shape index (κ1) is 29.6. The summed E-state index contributed by atoms with van der Waals surface area (Å²) >= 11 is 0. The summed E-state index contributed by atoms with van der Waals surface area (Å²) in [5, 5.41) is 9.28. The standard InChI is InChI=1S/C50H31NO2/c1-3-12-39-32(9-1)11-7-15-40(39)34-19-24-36(25-20-34)51(38-28-30-44-43-14-5-6-18-47(43)52-48(44)31-38)37-26-21-35(22-27-37)42-16-8-17-45-46-29-23-33-10-2-4-13-41(33)50(46)53-49(42)45/h1-31H. The van der Waals surface area contributed by atoms with Gasteiger partial charge in [-0.15, -0.1) is 0 Å². The van der Waals surface area contributed by atoms with Crippen molar-refractivity contribution >= 4 is 82.5 Å². The van der Waals surface area contributed by atoms with E-state index in [0.717, 1.165) is 77.5 Å². The molecule has 3 nitrogen and oxygen atoms in total. The first-order valence-corrected chi connectivity index (χ1v) is 18.0. The van der Waals surface area contributed by atoms with Crippen LogP contribution in [0.25, 0.3) is 87.7 Å². The van der Waals surface area contributed by atoms with Crippen molar-refractivity contribution in [3.8, 4) is 22.3 Å². The van der Waals surface area contributed by atoms with E-state index in [9.17, 15) is 0 Å². The predicted octanol–water partition coefficient (Wildman–Crippen LogP) is 14.6. The lowest BCUT2D eigenvalue weighted by molar-refractivity contribution is 0.669. The van der Waals surface area contributed by atoms with Gasteiger partial charge in [-0.1, -0.05) is 133 Å². The molecule has 0 radical (unpaired) electrons. The van der Waals surface area contributed by atoms with E-state index in [1.165, 1.54) is 27.3 Å². The summed E-state index contributed by atoms with van der Waals surface area (Å²) in [5.74, 6) is 0. The van der Waals surface area contributed by atoms with Crippen molar-refractivity contribution < 1.29 is 8.83 Å². The van der Waals surface area contributed by atoms with Crippen molar-refractivity contribution in [3.05, 3.63) is 188 Å². The summed E-state index contributed by atoms with van der Waals surface area (Å²) in [7, 11) is 0. The molecular formula is C50H31NO2. The van der Waals surface area contributed by atoms with Crippen LogP contribution in [0.3, 0.4) is 0 Å². The number of anilines is 3. The van der Waals surface area contributed by atoms with Crippen molar-refractivity contribution in [3.63, 3.8) is 0 Å². The number of hydrogen-bond donors (Lipinski definition) is 0. The molecule has 11 aromatic rings. The van der Waals surface area contributed by atoms with E-state index in [1.807, 2.05) is 12.1 Å². The van der Waals surface area contributed by atoms with Gasteiger partial charge in [-0.25, -0.2) is 0 Å². The number of furan rings is 2. The maximum atomic E-state index is 6.69. The second kappa shape index (κ2) is 11.7. The Labute approximate surface area is 305 Å². The Balaban J connectivity index is 1.03. The van der Waals surface area contributed by atoms with E-state index in [-0.39, 0.29) is 0 Å². The third-order valence-corrected chi connectivity index (χ3v) is 10.7. The van der Waals surface area contributed by atoms with Crippen molar-refractivity contribution in [1.29, 1.82) is 0 Å². The molecule has 0 N–H and O–H groups in total. The average molecular weight is 678 g/mol. The van der Waals surface area contributed by atoms with Crippen LogP contribution in [-0.2, 0) is 0 Å². The summed E-state index contributed by atoms with van der Waals surface area (Å²) in [6.45, 7) is 0. The highest BCUT2D eigenvalue weighted by Gasteiger charge is 2.18. The minimum absolute atomic E-state index is 0.863. The van der Waals surface area contributed by atoms with Crippen molar-refractivity contribution in [2.45, 2.75) is 0 Å². The zero-order valence-electron chi connectivity index (χ0n) is 28.7. The van der Waals surface area contributed by atoms with Crippen LogP contribution in [0, 0.1) is 0 Å². The number of benzene rings is 9. The molecule has 0 bridgehead atoms. The van der Waals surface area contributed by atoms with Crippen LogP contribution < -0.4 is 4.90 Å². The lowest BCUT2D eigenvalue weighted by atomic mass is 9.98. The molecule has 0 spiro atoms. The zero-order valence-corrected chi connectivity index (χ0v) is 28.7. The van der Waals surface area contributed by atoms with Crippen LogP contribution in [0.2, 0.25) is 0 Å². The van der Waals surface area contributed by atoms with Gasteiger partial charge in [0.15, 0.2) is 0 Å². The molecule has 2 heterocycles. The van der Waals surface area contributed by atoms with Crippen LogP contribution in [0.1, 0.15) is 0 Å². The number of fused-ring (bicyclic) bond motifs is 9. The SMILES string of the molecule is c1ccc2c(-c3ccc(N(c4ccc(-c5cccc6c5oc5c7ccccc7ccc65)cc4)c4ccc5c(c4)oc4ccccc45)cc3)cccc2c1. The van der Waals surface area contributed by atoms with Crippen molar-refractivity contribution in [2.75, 3.05) is 4.90 Å². The highest BCUT2D eigenvalue weighted by Crippen LogP contribution is 2.42. The zero-order chi connectivity index (χ0) is 34.9. The molecule has 248 valence electrons. The third kappa shape index (κ3) is 4.75. The topological polar surface area (TPSA) is 29.5 Å². The number of para-hydroxylation sites is 2. The summed E-state index contributed by atoms with van der Waals surface area (Å²) < 4.78 is 13.1. The molecule has 0 aliphatic rings. The van der Waals surface area contributed by atoms with Crippen LogP contribution in [-0.4, -0.2) is 0 Å². The van der Waals surface area contributed by atoms with E-state index in [2.05, 4.69) is 181 Å². The molecule has 0 fully saturated rings. The highest BCUT2D eigenvalue weighted by molar-refractivity contribution is 6.17. The fraction of sp³-hybridized carbons (Fsp3) is 0. The Morgan fingerprint density at radius 2 is 0.830 bits per heavy atom. The van der Waals surface area contributed by atoms with Crippen molar-refractivity contribution in [1.82, 2.24) is 0 Å². The smallest absolute Gasteiger partial charge is 0.143 e. The molecule has 0 unspecified atom stereocenters. The van der Waals surface area contributed by atoms with Gasteiger partial charge in [-0.2, -0.15) is 0 Å². The molecule has 11 rings (SSSR count). The van der Waals surface area contributed by atoms with Crippen LogP contribution >= 0.6 is 0 Å². The number of rotatable bonds is 5. The fourth-order valence-electron chi connectivity index (χ4n) is 8.11. The van der Waals surface area contributed by atoms with Gasteiger partial charge >= 0.3 is 0 Å². The van der Waals surface area contributed by atoms with Gasteiger partial charge in [0.1, 0.15) is 22.3 Å².